The quantitative estimate of drug-likeness (QED) is 0.777. The Hall–Kier alpha value is 0.120. The highest BCUT2D eigenvalue weighted by Crippen LogP contribution is 2.17. The number of hydrogen-bond acceptors (Lipinski definition) is 3. The van der Waals surface area contributed by atoms with Gasteiger partial charge < -0.3 is 5.32 Å². The van der Waals surface area contributed by atoms with E-state index >= 15 is 0 Å². The van der Waals surface area contributed by atoms with Crippen LogP contribution in [0.25, 0.3) is 0 Å². The van der Waals surface area contributed by atoms with Crippen LogP contribution in [0.4, 0.5) is 0 Å². The summed E-state index contributed by atoms with van der Waals surface area (Å²) in [6.45, 7) is 5.76. The lowest BCUT2D eigenvalue weighted by atomic mass is 10.0. The van der Waals surface area contributed by atoms with Gasteiger partial charge in [0.2, 0.25) is 0 Å². The fraction of sp³-hybridized carbons (Fsp3) is 1.00. The summed E-state index contributed by atoms with van der Waals surface area (Å²) in [7, 11) is -1.46. The Kier molecular flexibility index (Phi) is 7.58. The maximum Gasteiger partial charge on any atom is 0.279 e. The van der Waals surface area contributed by atoms with E-state index in [0.29, 0.717) is 25.6 Å². The summed E-state index contributed by atoms with van der Waals surface area (Å²) in [6.07, 6.45) is 2.09. The molecule has 0 bridgehead atoms. The van der Waals surface area contributed by atoms with Crippen LogP contribution in [0.2, 0.25) is 0 Å². The van der Waals surface area contributed by atoms with Crippen molar-refractivity contribution in [2.24, 2.45) is 5.92 Å². The van der Waals surface area contributed by atoms with Crippen molar-refractivity contribution in [2.45, 2.75) is 32.7 Å². The molecule has 0 aromatic heterocycles. The summed E-state index contributed by atoms with van der Waals surface area (Å²) in [4.78, 5) is 0. The molecule has 0 aromatic rings. The molecule has 0 aromatic carbocycles. The van der Waals surface area contributed by atoms with Gasteiger partial charge in [0.05, 0.1) is 0 Å². The van der Waals surface area contributed by atoms with E-state index in [0.717, 1.165) is 12.8 Å². The first-order chi connectivity index (χ1) is 7.45. The Bertz CT molecular complexity index is 311. The Morgan fingerprint density at radius 2 is 2.12 bits per heavy atom. The van der Waals surface area contributed by atoms with Crippen LogP contribution in [0, 0.1) is 5.92 Å². The molecule has 1 heterocycles. The molecule has 0 spiro atoms. The van der Waals surface area contributed by atoms with Crippen molar-refractivity contribution in [2.75, 3.05) is 26.7 Å². The largest absolute Gasteiger partial charge is 0.316 e. The van der Waals surface area contributed by atoms with Crippen LogP contribution in [-0.2, 0) is 10.2 Å². The predicted octanol–water partition coefficient (Wildman–Crippen LogP) is 0.582. The second-order valence-corrected chi connectivity index (χ2v) is 6.40. The third-order valence-corrected chi connectivity index (χ3v) is 4.57. The number of halogens is 1. The lowest BCUT2D eigenvalue weighted by molar-refractivity contribution is 0.278. The summed E-state index contributed by atoms with van der Waals surface area (Å²) in [5.74, 6) is 0.465. The number of nitrogens with zero attached hydrogens (tertiary/aromatic N) is 1. The molecule has 1 aliphatic rings. The number of nitrogens with one attached hydrogen (secondary N) is 2. The standard InChI is InChI=1S/C10H23N3O2S.ClH/c1-9-5-4-6-13(8-9)16(14,15)12-7-10(2)11-3;/h9-12H,4-8H2,1-3H3;1H. The molecule has 1 fully saturated rings. The first-order valence-corrected chi connectivity index (χ1v) is 7.31. The molecule has 0 radical (unpaired) electrons. The third-order valence-electron chi connectivity index (χ3n) is 3.02. The van der Waals surface area contributed by atoms with E-state index in [1.165, 1.54) is 0 Å². The van der Waals surface area contributed by atoms with E-state index in [9.17, 15) is 8.42 Å². The Balaban J connectivity index is 0.00000256. The summed E-state index contributed by atoms with van der Waals surface area (Å²) in [5.41, 5.74) is 0. The van der Waals surface area contributed by atoms with Gasteiger partial charge in [-0.2, -0.15) is 12.7 Å². The maximum atomic E-state index is 11.9. The fourth-order valence-corrected chi connectivity index (χ4v) is 3.25. The zero-order valence-corrected chi connectivity index (χ0v) is 12.4. The molecule has 0 amide bonds. The van der Waals surface area contributed by atoms with Crippen molar-refractivity contribution in [1.82, 2.24) is 14.3 Å². The third kappa shape index (κ3) is 5.52. The molecule has 104 valence electrons. The highest BCUT2D eigenvalue weighted by molar-refractivity contribution is 7.87. The molecule has 7 heteroatoms. The average molecular weight is 286 g/mol. The van der Waals surface area contributed by atoms with Gasteiger partial charge in [-0.25, -0.2) is 4.72 Å². The first kappa shape index (κ1) is 17.1. The molecular weight excluding hydrogens is 262 g/mol. The minimum absolute atomic E-state index is 0. The molecule has 2 atom stereocenters. The highest BCUT2D eigenvalue weighted by Gasteiger charge is 2.26. The normalized spacial score (nSPS) is 24.1. The van der Waals surface area contributed by atoms with Crippen molar-refractivity contribution in [1.29, 1.82) is 0 Å². The predicted molar refractivity (Wildman–Crippen MR) is 72.7 cm³/mol. The molecule has 1 saturated heterocycles. The van der Waals surface area contributed by atoms with Gasteiger partial charge in [-0.05, 0) is 32.7 Å². The number of hydrogen-bond donors (Lipinski definition) is 2. The molecule has 0 saturated carbocycles. The molecule has 0 aliphatic carbocycles. The molecule has 5 nitrogen and oxygen atoms in total. The molecule has 1 rings (SSSR count). The van der Waals surface area contributed by atoms with E-state index in [1.807, 2.05) is 14.0 Å². The fourth-order valence-electron chi connectivity index (χ4n) is 1.79. The van der Waals surface area contributed by atoms with Crippen LogP contribution < -0.4 is 10.0 Å². The number of likely N-dealkylation sites (N-methyl/N-ethyl adjacent to an activating group) is 1. The smallest absolute Gasteiger partial charge is 0.279 e. The van der Waals surface area contributed by atoms with Gasteiger partial charge in [-0.1, -0.05) is 6.92 Å². The molecule has 2 unspecified atom stereocenters. The van der Waals surface area contributed by atoms with Crippen molar-refractivity contribution in [3.63, 3.8) is 0 Å². The Labute approximate surface area is 111 Å². The van der Waals surface area contributed by atoms with Gasteiger partial charge in [-0.15, -0.1) is 12.4 Å². The van der Waals surface area contributed by atoms with Crippen molar-refractivity contribution < 1.29 is 8.42 Å². The molecule has 17 heavy (non-hydrogen) atoms. The number of rotatable bonds is 5. The van der Waals surface area contributed by atoms with Crippen LogP contribution in [0.15, 0.2) is 0 Å². The lowest BCUT2D eigenvalue weighted by Crippen LogP contribution is -2.48. The molecule has 1 aliphatic heterocycles. The zero-order chi connectivity index (χ0) is 12.2. The summed E-state index contributed by atoms with van der Waals surface area (Å²) < 4.78 is 28.1. The van der Waals surface area contributed by atoms with E-state index in [1.54, 1.807) is 4.31 Å². The monoisotopic (exact) mass is 285 g/mol. The van der Waals surface area contributed by atoms with E-state index < -0.39 is 10.2 Å². The van der Waals surface area contributed by atoms with Gasteiger partial charge in [0.25, 0.3) is 10.2 Å². The van der Waals surface area contributed by atoms with Crippen molar-refractivity contribution >= 4 is 22.6 Å². The van der Waals surface area contributed by atoms with Gasteiger partial charge in [0.1, 0.15) is 0 Å². The second-order valence-electron chi connectivity index (χ2n) is 4.65. The first-order valence-electron chi connectivity index (χ1n) is 5.87. The van der Waals surface area contributed by atoms with Crippen molar-refractivity contribution in [3.05, 3.63) is 0 Å². The number of piperidine rings is 1. The summed E-state index contributed by atoms with van der Waals surface area (Å²) in [6, 6.07) is 0.150. The Morgan fingerprint density at radius 1 is 1.47 bits per heavy atom. The van der Waals surface area contributed by atoms with Crippen LogP contribution in [-0.4, -0.2) is 45.4 Å². The van der Waals surface area contributed by atoms with E-state index in [2.05, 4.69) is 17.0 Å². The minimum atomic E-state index is -3.28. The summed E-state index contributed by atoms with van der Waals surface area (Å²) in [5, 5.41) is 3.00. The molecule has 2 N–H and O–H groups in total. The zero-order valence-electron chi connectivity index (χ0n) is 10.8. The Morgan fingerprint density at radius 3 is 2.65 bits per heavy atom. The van der Waals surface area contributed by atoms with Crippen molar-refractivity contribution in [3.8, 4) is 0 Å². The second kappa shape index (κ2) is 7.53. The lowest BCUT2D eigenvalue weighted by Gasteiger charge is -2.30. The van der Waals surface area contributed by atoms with E-state index in [4.69, 9.17) is 0 Å². The minimum Gasteiger partial charge on any atom is -0.316 e. The average Bonchev–Trinajstić information content (AvgIpc) is 2.26. The van der Waals surface area contributed by atoms with Crippen LogP contribution in [0.5, 0.6) is 0 Å². The topological polar surface area (TPSA) is 61.4 Å². The van der Waals surface area contributed by atoms with Gasteiger partial charge >= 0.3 is 0 Å². The van der Waals surface area contributed by atoms with Crippen LogP contribution >= 0.6 is 12.4 Å². The SMILES string of the molecule is CNC(C)CNS(=O)(=O)N1CCCC(C)C1.Cl. The van der Waals surface area contributed by atoms with Gasteiger partial charge in [-0.3, -0.25) is 0 Å². The van der Waals surface area contributed by atoms with Crippen LogP contribution in [0.3, 0.4) is 0 Å². The maximum absolute atomic E-state index is 11.9. The highest BCUT2D eigenvalue weighted by atomic mass is 35.5. The van der Waals surface area contributed by atoms with Gasteiger partial charge in [0.15, 0.2) is 0 Å². The van der Waals surface area contributed by atoms with E-state index in [-0.39, 0.29) is 18.4 Å². The summed E-state index contributed by atoms with van der Waals surface area (Å²) >= 11 is 0. The molecular formula is C10H24ClN3O2S. The van der Waals surface area contributed by atoms with Crippen LogP contribution in [0.1, 0.15) is 26.7 Å². The van der Waals surface area contributed by atoms with Gasteiger partial charge in [0, 0.05) is 25.7 Å².